The van der Waals surface area contributed by atoms with E-state index in [0.717, 1.165) is 25.1 Å². The molecule has 2 aromatic rings. The molecular weight excluding hydrogens is 340 g/mol. The van der Waals surface area contributed by atoms with Crippen molar-refractivity contribution < 1.29 is 14.3 Å². The number of fused-ring (bicyclic) bond motifs is 1. The quantitative estimate of drug-likeness (QED) is 0.882. The van der Waals surface area contributed by atoms with Gasteiger partial charge >= 0.3 is 0 Å². The Kier molecular flexibility index (Phi) is 5.34. The van der Waals surface area contributed by atoms with E-state index in [1.165, 1.54) is 12.7 Å². The van der Waals surface area contributed by atoms with Crippen LogP contribution in [0.1, 0.15) is 12.0 Å². The zero-order valence-electron chi connectivity index (χ0n) is 14.3. The topological polar surface area (TPSA) is 50.8 Å². The molecule has 0 radical (unpaired) electrons. The van der Waals surface area contributed by atoms with Crippen molar-refractivity contribution in [3.63, 3.8) is 0 Å². The maximum absolute atomic E-state index is 12.5. The highest BCUT2D eigenvalue weighted by molar-refractivity contribution is 6.32. The van der Waals surface area contributed by atoms with Crippen molar-refractivity contribution >= 4 is 28.9 Å². The first-order valence-electron chi connectivity index (χ1n) is 8.16. The molecule has 6 heteroatoms. The van der Waals surface area contributed by atoms with Crippen LogP contribution in [-0.4, -0.2) is 33.2 Å². The number of rotatable bonds is 5. The second-order valence-electron chi connectivity index (χ2n) is 5.89. The lowest BCUT2D eigenvalue weighted by Gasteiger charge is -2.30. The van der Waals surface area contributed by atoms with Crippen LogP contribution in [0.25, 0.3) is 0 Å². The number of hydrogen-bond acceptors (Lipinski definition) is 4. The van der Waals surface area contributed by atoms with Gasteiger partial charge in [-0.2, -0.15) is 0 Å². The smallest absolute Gasteiger partial charge is 0.243 e. The molecule has 0 bridgehead atoms. The van der Waals surface area contributed by atoms with Crippen molar-refractivity contribution in [2.45, 2.75) is 12.8 Å². The molecule has 132 valence electrons. The molecule has 1 N–H and O–H groups in total. The summed E-state index contributed by atoms with van der Waals surface area (Å²) in [5, 5.41) is 3.30. The Morgan fingerprint density at radius 1 is 1.20 bits per heavy atom. The van der Waals surface area contributed by atoms with Gasteiger partial charge in [-0.25, -0.2) is 0 Å². The highest BCUT2D eigenvalue weighted by atomic mass is 35.5. The summed E-state index contributed by atoms with van der Waals surface area (Å²) in [7, 11) is 3.08. The molecule has 0 fully saturated rings. The molecule has 2 aromatic carbocycles. The molecule has 0 atom stereocenters. The molecule has 0 saturated carbocycles. The van der Waals surface area contributed by atoms with E-state index in [2.05, 4.69) is 22.3 Å². The number of benzene rings is 2. The van der Waals surface area contributed by atoms with Gasteiger partial charge in [0.2, 0.25) is 5.91 Å². The van der Waals surface area contributed by atoms with Gasteiger partial charge in [-0.3, -0.25) is 4.79 Å². The van der Waals surface area contributed by atoms with E-state index in [1.807, 2.05) is 12.1 Å². The number of ether oxygens (including phenoxy) is 2. The summed E-state index contributed by atoms with van der Waals surface area (Å²) in [6.07, 6.45) is 2.10. The van der Waals surface area contributed by atoms with Crippen LogP contribution in [0.4, 0.5) is 11.4 Å². The third kappa shape index (κ3) is 3.82. The maximum atomic E-state index is 12.5. The largest absolute Gasteiger partial charge is 0.495 e. The van der Waals surface area contributed by atoms with E-state index in [1.54, 1.807) is 19.2 Å². The number of hydrogen-bond donors (Lipinski definition) is 1. The summed E-state index contributed by atoms with van der Waals surface area (Å²) in [5.74, 6) is 0.895. The van der Waals surface area contributed by atoms with Crippen LogP contribution in [-0.2, 0) is 11.2 Å². The summed E-state index contributed by atoms with van der Waals surface area (Å²) < 4.78 is 10.5. The summed E-state index contributed by atoms with van der Waals surface area (Å²) in [6, 6.07) is 11.5. The van der Waals surface area contributed by atoms with Crippen LogP contribution >= 0.6 is 11.6 Å². The van der Waals surface area contributed by atoms with E-state index in [0.29, 0.717) is 22.2 Å². The van der Waals surface area contributed by atoms with Crippen LogP contribution in [0.2, 0.25) is 5.02 Å². The molecule has 0 aliphatic carbocycles. The first-order valence-corrected chi connectivity index (χ1v) is 8.54. The minimum absolute atomic E-state index is 0.115. The van der Waals surface area contributed by atoms with E-state index < -0.39 is 0 Å². The molecule has 25 heavy (non-hydrogen) atoms. The third-order valence-corrected chi connectivity index (χ3v) is 4.58. The van der Waals surface area contributed by atoms with Gasteiger partial charge in [0.1, 0.15) is 11.5 Å². The lowest BCUT2D eigenvalue weighted by atomic mass is 10.0. The Morgan fingerprint density at radius 3 is 2.72 bits per heavy atom. The number of carbonyl (C=O) groups is 1. The molecule has 5 nitrogen and oxygen atoms in total. The van der Waals surface area contributed by atoms with E-state index in [9.17, 15) is 4.79 Å². The SMILES string of the molecule is COc1cc(OC)c(NC(=O)CN2CCCc3ccccc32)cc1Cl. The Bertz CT molecular complexity index is 779. The Morgan fingerprint density at radius 2 is 1.96 bits per heavy atom. The van der Waals surface area contributed by atoms with Crippen LogP contribution < -0.4 is 19.7 Å². The van der Waals surface area contributed by atoms with Crippen molar-refractivity contribution in [2.75, 3.05) is 37.5 Å². The standard InChI is InChI=1S/C19H21ClN2O3/c1-24-17-11-18(25-2)15(10-14(17)20)21-19(23)12-22-9-5-7-13-6-3-4-8-16(13)22/h3-4,6,8,10-11H,5,7,9,12H2,1-2H3,(H,21,23). The van der Waals surface area contributed by atoms with Gasteiger partial charge in [-0.1, -0.05) is 29.8 Å². The molecule has 1 heterocycles. The zero-order valence-corrected chi connectivity index (χ0v) is 15.1. The minimum Gasteiger partial charge on any atom is -0.495 e. The molecule has 1 aliphatic rings. The third-order valence-electron chi connectivity index (χ3n) is 4.29. The monoisotopic (exact) mass is 360 g/mol. The molecule has 3 rings (SSSR count). The number of carbonyl (C=O) groups excluding carboxylic acids is 1. The first-order chi connectivity index (χ1) is 12.1. The highest BCUT2D eigenvalue weighted by Gasteiger charge is 2.20. The highest BCUT2D eigenvalue weighted by Crippen LogP contribution is 2.36. The zero-order chi connectivity index (χ0) is 17.8. The fourth-order valence-electron chi connectivity index (χ4n) is 3.10. The molecular formula is C19H21ClN2O3. The van der Waals surface area contributed by atoms with Gasteiger partial charge in [-0.15, -0.1) is 0 Å². The number of halogens is 1. The summed E-state index contributed by atoms with van der Waals surface area (Å²) >= 11 is 6.16. The fraction of sp³-hybridized carbons (Fsp3) is 0.316. The number of aryl methyl sites for hydroxylation is 1. The van der Waals surface area contributed by atoms with Crippen molar-refractivity contribution in [1.82, 2.24) is 0 Å². The molecule has 0 spiro atoms. The lowest BCUT2D eigenvalue weighted by Crippen LogP contribution is -2.36. The predicted molar refractivity (Wildman–Crippen MR) is 100 cm³/mol. The second kappa shape index (κ2) is 7.66. The van der Waals surface area contributed by atoms with Crippen molar-refractivity contribution in [1.29, 1.82) is 0 Å². The van der Waals surface area contributed by atoms with E-state index >= 15 is 0 Å². The Labute approximate surface area is 152 Å². The Balaban J connectivity index is 1.75. The summed E-state index contributed by atoms with van der Waals surface area (Å²) in [5.41, 5.74) is 2.94. The molecule has 1 aliphatic heterocycles. The number of amides is 1. The van der Waals surface area contributed by atoms with Gasteiger partial charge in [0.05, 0.1) is 31.5 Å². The number of nitrogens with zero attached hydrogens (tertiary/aromatic N) is 1. The number of methoxy groups -OCH3 is 2. The first kappa shape index (κ1) is 17.4. The van der Waals surface area contributed by atoms with Crippen molar-refractivity contribution in [2.24, 2.45) is 0 Å². The van der Waals surface area contributed by atoms with Crippen molar-refractivity contribution in [3.05, 3.63) is 47.0 Å². The maximum Gasteiger partial charge on any atom is 0.243 e. The minimum atomic E-state index is -0.115. The van der Waals surface area contributed by atoms with Crippen LogP contribution in [0.15, 0.2) is 36.4 Å². The van der Waals surface area contributed by atoms with E-state index in [4.69, 9.17) is 21.1 Å². The molecule has 0 saturated heterocycles. The summed E-state index contributed by atoms with van der Waals surface area (Å²) in [4.78, 5) is 14.6. The molecule has 1 amide bonds. The molecule has 0 unspecified atom stereocenters. The van der Waals surface area contributed by atoms with Gasteiger partial charge in [-0.05, 0) is 30.5 Å². The average Bonchev–Trinajstić information content (AvgIpc) is 2.62. The van der Waals surface area contributed by atoms with Gasteiger partial charge < -0.3 is 19.7 Å². The van der Waals surface area contributed by atoms with Crippen LogP contribution in [0.3, 0.4) is 0 Å². The number of para-hydroxylation sites is 1. The van der Waals surface area contributed by atoms with Gasteiger partial charge in [0.15, 0.2) is 0 Å². The predicted octanol–water partition coefficient (Wildman–Crippen LogP) is 3.75. The molecule has 0 aromatic heterocycles. The fourth-order valence-corrected chi connectivity index (χ4v) is 3.34. The Hall–Kier alpha value is -2.40. The van der Waals surface area contributed by atoms with Crippen LogP contribution in [0.5, 0.6) is 11.5 Å². The van der Waals surface area contributed by atoms with E-state index in [-0.39, 0.29) is 12.5 Å². The van der Waals surface area contributed by atoms with Crippen LogP contribution in [0, 0.1) is 0 Å². The van der Waals surface area contributed by atoms with Gasteiger partial charge in [0.25, 0.3) is 0 Å². The second-order valence-corrected chi connectivity index (χ2v) is 6.30. The number of anilines is 2. The van der Waals surface area contributed by atoms with Gasteiger partial charge in [0, 0.05) is 18.3 Å². The van der Waals surface area contributed by atoms with Crippen molar-refractivity contribution in [3.8, 4) is 11.5 Å². The normalized spacial score (nSPS) is 13.2. The number of nitrogens with one attached hydrogen (secondary N) is 1. The average molecular weight is 361 g/mol. The summed E-state index contributed by atoms with van der Waals surface area (Å²) in [6.45, 7) is 1.15. The lowest BCUT2D eigenvalue weighted by molar-refractivity contribution is -0.115.